The lowest BCUT2D eigenvalue weighted by molar-refractivity contribution is -0.121. The van der Waals surface area contributed by atoms with Crippen LogP contribution in [0.3, 0.4) is 0 Å². The van der Waals surface area contributed by atoms with Gasteiger partial charge in [-0.15, -0.1) is 0 Å². The maximum absolute atomic E-state index is 12.3. The van der Waals surface area contributed by atoms with E-state index >= 15 is 0 Å². The third kappa shape index (κ3) is 4.32. The third-order valence-electron chi connectivity index (χ3n) is 3.17. The molecule has 2 rings (SSSR count). The zero-order valence-electron chi connectivity index (χ0n) is 14.1. The van der Waals surface area contributed by atoms with Crippen molar-refractivity contribution < 1.29 is 14.3 Å². The lowest BCUT2D eigenvalue weighted by atomic mass is 10.1. The first-order valence-corrected chi connectivity index (χ1v) is 9.77. The van der Waals surface area contributed by atoms with Crippen molar-refractivity contribution in [2.45, 2.75) is 33.8 Å². The molecule has 1 aliphatic heterocycles. The molecule has 0 N–H and O–H groups in total. The van der Waals surface area contributed by atoms with Crippen LogP contribution in [0, 0.1) is 0 Å². The minimum Gasteiger partial charge on any atom is -0.490 e. The van der Waals surface area contributed by atoms with Gasteiger partial charge in [-0.05, 0) is 67.4 Å². The number of thiocarbonyl (C=S) groups is 1. The van der Waals surface area contributed by atoms with Crippen molar-refractivity contribution in [2.75, 3.05) is 13.2 Å². The largest absolute Gasteiger partial charge is 0.490 e. The molecule has 0 spiro atoms. The van der Waals surface area contributed by atoms with Crippen LogP contribution >= 0.6 is 39.9 Å². The fourth-order valence-electron chi connectivity index (χ4n) is 2.21. The van der Waals surface area contributed by atoms with Crippen LogP contribution in [0.25, 0.3) is 6.08 Å². The highest BCUT2D eigenvalue weighted by atomic mass is 79.9. The molecule has 1 aromatic rings. The van der Waals surface area contributed by atoms with E-state index in [-0.39, 0.29) is 12.0 Å². The van der Waals surface area contributed by atoms with Crippen molar-refractivity contribution in [1.29, 1.82) is 0 Å². The van der Waals surface area contributed by atoms with Crippen LogP contribution in [0.15, 0.2) is 21.5 Å². The van der Waals surface area contributed by atoms with E-state index < -0.39 is 0 Å². The number of carbonyl (C=O) groups is 1. The summed E-state index contributed by atoms with van der Waals surface area (Å²) in [6.45, 7) is 8.87. The van der Waals surface area contributed by atoms with Gasteiger partial charge in [0.15, 0.2) is 11.5 Å². The van der Waals surface area contributed by atoms with Gasteiger partial charge in [-0.1, -0.05) is 24.0 Å². The lowest BCUT2D eigenvalue weighted by Crippen LogP contribution is -2.27. The van der Waals surface area contributed by atoms with Crippen LogP contribution in [0.2, 0.25) is 0 Å². The predicted octanol–water partition coefficient (Wildman–Crippen LogP) is 4.86. The molecule has 0 unspecified atom stereocenters. The van der Waals surface area contributed by atoms with E-state index in [0.29, 0.717) is 33.9 Å². The Labute approximate surface area is 160 Å². The maximum Gasteiger partial charge on any atom is 0.266 e. The minimum absolute atomic E-state index is 0.0344. The molecule has 1 aliphatic rings. The first-order valence-electron chi connectivity index (χ1n) is 7.75. The summed E-state index contributed by atoms with van der Waals surface area (Å²) < 4.78 is 12.9. The van der Waals surface area contributed by atoms with Crippen LogP contribution < -0.4 is 9.47 Å². The number of rotatable bonds is 6. The summed E-state index contributed by atoms with van der Waals surface area (Å²) in [4.78, 5) is 14.6. The van der Waals surface area contributed by atoms with Crippen molar-refractivity contribution >= 4 is 56.2 Å². The molecule has 1 fully saturated rings. The zero-order chi connectivity index (χ0) is 17.9. The Hall–Kier alpha value is -1.05. The Balaban J connectivity index is 2.40. The monoisotopic (exact) mass is 429 g/mol. The Morgan fingerprint density at radius 1 is 1.38 bits per heavy atom. The van der Waals surface area contributed by atoms with E-state index in [4.69, 9.17) is 21.7 Å². The topological polar surface area (TPSA) is 38.8 Å². The van der Waals surface area contributed by atoms with Crippen LogP contribution in [0.1, 0.15) is 33.3 Å². The van der Waals surface area contributed by atoms with Crippen LogP contribution in [0.4, 0.5) is 0 Å². The molecule has 1 saturated heterocycles. The first-order chi connectivity index (χ1) is 11.4. The highest BCUT2D eigenvalue weighted by molar-refractivity contribution is 9.10. The van der Waals surface area contributed by atoms with Crippen molar-refractivity contribution in [3.05, 3.63) is 27.1 Å². The average Bonchev–Trinajstić information content (AvgIpc) is 2.76. The fraction of sp³-hybridized carbons (Fsp3) is 0.412. The average molecular weight is 430 g/mol. The number of ether oxygens (including phenoxy) is 2. The first kappa shape index (κ1) is 19.3. The molecular formula is C17H20BrNO3S2. The Bertz CT molecular complexity index is 689. The Morgan fingerprint density at radius 2 is 2.08 bits per heavy atom. The van der Waals surface area contributed by atoms with Gasteiger partial charge in [-0.25, -0.2) is 0 Å². The van der Waals surface area contributed by atoms with Gasteiger partial charge in [-0.2, -0.15) is 0 Å². The molecule has 130 valence electrons. The quantitative estimate of drug-likeness (QED) is 0.476. The number of amides is 1. The number of hydrogen-bond acceptors (Lipinski definition) is 5. The number of nitrogens with zero attached hydrogens (tertiary/aromatic N) is 1. The van der Waals surface area contributed by atoms with Crippen molar-refractivity contribution in [2.24, 2.45) is 0 Å². The van der Waals surface area contributed by atoms with Crippen LogP contribution in [-0.4, -0.2) is 34.4 Å². The van der Waals surface area contributed by atoms with Gasteiger partial charge in [-0.3, -0.25) is 9.69 Å². The molecule has 0 bridgehead atoms. The second-order valence-electron chi connectivity index (χ2n) is 5.36. The van der Waals surface area contributed by atoms with Gasteiger partial charge in [0, 0.05) is 6.54 Å². The van der Waals surface area contributed by atoms with Gasteiger partial charge in [0.05, 0.1) is 22.1 Å². The van der Waals surface area contributed by atoms with Gasteiger partial charge in [0.2, 0.25) is 0 Å². The summed E-state index contributed by atoms with van der Waals surface area (Å²) in [7, 11) is 0. The predicted molar refractivity (Wildman–Crippen MR) is 107 cm³/mol. The summed E-state index contributed by atoms with van der Waals surface area (Å²) in [5.41, 5.74) is 0.859. The lowest BCUT2D eigenvalue weighted by Gasteiger charge is -2.17. The molecule has 0 saturated carbocycles. The molecule has 1 aromatic carbocycles. The zero-order valence-corrected chi connectivity index (χ0v) is 17.3. The Morgan fingerprint density at radius 3 is 2.62 bits per heavy atom. The van der Waals surface area contributed by atoms with Crippen molar-refractivity contribution in [1.82, 2.24) is 4.90 Å². The summed E-state index contributed by atoms with van der Waals surface area (Å²) >= 11 is 10.1. The van der Waals surface area contributed by atoms with Gasteiger partial charge in [0.25, 0.3) is 5.91 Å². The third-order valence-corrected chi connectivity index (χ3v) is 5.14. The normalized spacial score (nSPS) is 16.4. The smallest absolute Gasteiger partial charge is 0.266 e. The number of hydrogen-bond donors (Lipinski definition) is 0. The summed E-state index contributed by atoms with van der Waals surface area (Å²) in [5.74, 6) is 1.27. The molecule has 1 heterocycles. The molecule has 0 radical (unpaired) electrons. The number of benzene rings is 1. The second-order valence-corrected chi connectivity index (χ2v) is 7.89. The standard InChI is InChI=1S/C17H20BrNO3S2/c1-5-19-16(20)14(24-17(19)23)9-11-7-12(18)15(22-10(3)4)13(8-11)21-6-2/h7-10H,5-6H2,1-4H3. The highest BCUT2D eigenvalue weighted by Crippen LogP contribution is 2.39. The molecule has 24 heavy (non-hydrogen) atoms. The molecule has 4 nitrogen and oxygen atoms in total. The van der Waals surface area contributed by atoms with E-state index in [1.54, 1.807) is 4.90 Å². The van der Waals surface area contributed by atoms with E-state index in [1.807, 2.05) is 45.9 Å². The second kappa shape index (κ2) is 8.36. The SMILES string of the molecule is CCOc1cc(C=C2SC(=S)N(CC)C2=O)cc(Br)c1OC(C)C. The number of thioether (sulfide) groups is 1. The molecule has 1 amide bonds. The number of halogens is 1. The summed E-state index contributed by atoms with van der Waals surface area (Å²) in [5, 5.41) is 0. The van der Waals surface area contributed by atoms with E-state index in [2.05, 4.69) is 15.9 Å². The van der Waals surface area contributed by atoms with Crippen LogP contribution in [-0.2, 0) is 4.79 Å². The highest BCUT2D eigenvalue weighted by Gasteiger charge is 2.30. The fourth-order valence-corrected chi connectivity index (χ4v) is 4.15. The van der Waals surface area contributed by atoms with Crippen molar-refractivity contribution in [3.8, 4) is 11.5 Å². The minimum atomic E-state index is -0.0518. The van der Waals surface area contributed by atoms with Crippen molar-refractivity contribution in [3.63, 3.8) is 0 Å². The molecule has 0 atom stereocenters. The number of carbonyl (C=O) groups excluding carboxylic acids is 1. The molecule has 7 heteroatoms. The number of likely N-dealkylation sites (N-methyl/N-ethyl adjacent to an activating group) is 1. The van der Waals surface area contributed by atoms with Gasteiger partial charge >= 0.3 is 0 Å². The maximum atomic E-state index is 12.3. The van der Waals surface area contributed by atoms with Gasteiger partial charge < -0.3 is 9.47 Å². The molecule has 0 aliphatic carbocycles. The summed E-state index contributed by atoms with van der Waals surface area (Å²) in [6, 6.07) is 3.79. The van der Waals surface area contributed by atoms with E-state index in [9.17, 15) is 4.79 Å². The van der Waals surface area contributed by atoms with Gasteiger partial charge in [0.1, 0.15) is 4.32 Å². The van der Waals surface area contributed by atoms with E-state index in [0.717, 1.165) is 10.0 Å². The Kier molecular flexibility index (Phi) is 6.71. The van der Waals surface area contributed by atoms with Crippen LogP contribution in [0.5, 0.6) is 11.5 Å². The molecule has 0 aromatic heterocycles. The molecular weight excluding hydrogens is 410 g/mol. The summed E-state index contributed by atoms with van der Waals surface area (Å²) in [6.07, 6.45) is 1.87. The van der Waals surface area contributed by atoms with E-state index in [1.165, 1.54) is 11.8 Å².